The Bertz CT molecular complexity index is 360. The van der Waals surface area contributed by atoms with Crippen molar-refractivity contribution in [2.24, 2.45) is 11.8 Å². The van der Waals surface area contributed by atoms with Crippen LogP contribution >= 0.6 is 0 Å². The van der Waals surface area contributed by atoms with Crippen molar-refractivity contribution in [3.63, 3.8) is 0 Å². The van der Waals surface area contributed by atoms with Gasteiger partial charge in [-0.3, -0.25) is 14.5 Å². The summed E-state index contributed by atoms with van der Waals surface area (Å²) in [6, 6.07) is -0.463. The third-order valence-electron chi connectivity index (χ3n) is 3.62. The molecule has 5 nitrogen and oxygen atoms in total. The highest BCUT2D eigenvalue weighted by molar-refractivity contribution is 5.86. The van der Waals surface area contributed by atoms with E-state index < -0.39 is 11.6 Å². The van der Waals surface area contributed by atoms with Crippen molar-refractivity contribution in [3.05, 3.63) is 0 Å². The molecule has 0 radical (unpaired) electrons. The fourth-order valence-electron chi connectivity index (χ4n) is 2.96. The van der Waals surface area contributed by atoms with Crippen LogP contribution in [0.4, 0.5) is 0 Å². The van der Waals surface area contributed by atoms with Crippen molar-refractivity contribution in [1.29, 1.82) is 0 Å². The number of nitrogens with zero attached hydrogens (tertiary/aromatic N) is 1. The lowest BCUT2D eigenvalue weighted by atomic mass is 9.86. The quantitative estimate of drug-likeness (QED) is 0.684. The fraction of sp³-hybridized carbons (Fsp3) is 0.846. The van der Waals surface area contributed by atoms with Gasteiger partial charge in [-0.1, -0.05) is 0 Å². The summed E-state index contributed by atoms with van der Waals surface area (Å²) < 4.78 is 10.2. The van der Waals surface area contributed by atoms with Gasteiger partial charge in [-0.15, -0.1) is 0 Å². The Morgan fingerprint density at radius 3 is 2.44 bits per heavy atom. The molecule has 102 valence electrons. The maximum atomic E-state index is 12.2. The second-order valence-electron chi connectivity index (χ2n) is 6.07. The molecule has 5 heteroatoms. The lowest BCUT2D eigenvalue weighted by Crippen LogP contribution is -2.48. The van der Waals surface area contributed by atoms with Crippen molar-refractivity contribution in [2.45, 2.75) is 38.8 Å². The molecule has 2 aliphatic rings. The summed E-state index contributed by atoms with van der Waals surface area (Å²) in [5.74, 6) is -0.730. The summed E-state index contributed by atoms with van der Waals surface area (Å²) in [7, 11) is 1.37. The number of fused-ring (bicyclic) bond motifs is 2. The number of rotatable bonds is 2. The number of methoxy groups -OCH3 is 1. The minimum atomic E-state index is -0.527. The van der Waals surface area contributed by atoms with E-state index in [0.717, 1.165) is 19.5 Å². The van der Waals surface area contributed by atoms with E-state index in [0.29, 0.717) is 0 Å². The molecule has 2 fully saturated rings. The van der Waals surface area contributed by atoms with Crippen molar-refractivity contribution in [3.8, 4) is 0 Å². The van der Waals surface area contributed by atoms with Crippen LogP contribution < -0.4 is 0 Å². The van der Waals surface area contributed by atoms with Gasteiger partial charge >= 0.3 is 11.9 Å². The molecule has 2 rings (SSSR count). The molecule has 4 atom stereocenters. The van der Waals surface area contributed by atoms with Gasteiger partial charge in [0.05, 0.1) is 13.0 Å². The highest BCUT2D eigenvalue weighted by Crippen LogP contribution is 2.39. The van der Waals surface area contributed by atoms with Crippen LogP contribution in [0.25, 0.3) is 0 Å². The van der Waals surface area contributed by atoms with Crippen LogP contribution in [0.2, 0.25) is 0 Å². The molecule has 0 aromatic carbocycles. The van der Waals surface area contributed by atoms with Crippen molar-refractivity contribution in [1.82, 2.24) is 4.90 Å². The third kappa shape index (κ3) is 2.36. The molecule has 2 aliphatic heterocycles. The van der Waals surface area contributed by atoms with Gasteiger partial charge < -0.3 is 9.47 Å². The second-order valence-corrected chi connectivity index (χ2v) is 6.07. The Hall–Kier alpha value is -1.10. The zero-order chi connectivity index (χ0) is 13.5. The predicted molar refractivity (Wildman–Crippen MR) is 64.8 cm³/mol. The van der Waals surface area contributed by atoms with Crippen molar-refractivity contribution < 1.29 is 19.1 Å². The van der Waals surface area contributed by atoms with E-state index in [1.165, 1.54) is 7.11 Å². The van der Waals surface area contributed by atoms with E-state index in [4.69, 9.17) is 9.47 Å². The van der Waals surface area contributed by atoms with E-state index in [-0.39, 0.29) is 23.8 Å². The average Bonchev–Trinajstić information content (AvgIpc) is 2.84. The molecule has 2 unspecified atom stereocenters. The molecule has 0 aliphatic carbocycles. The van der Waals surface area contributed by atoms with Crippen LogP contribution in [-0.2, 0) is 19.1 Å². The first kappa shape index (κ1) is 13.3. The van der Waals surface area contributed by atoms with Crippen LogP contribution in [0.5, 0.6) is 0 Å². The number of carbonyl (C=O) groups excluding carboxylic acids is 2. The second kappa shape index (κ2) is 4.53. The summed E-state index contributed by atoms with van der Waals surface area (Å²) in [6.07, 6.45) is 0.957. The van der Waals surface area contributed by atoms with Gasteiger partial charge in [0, 0.05) is 6.54 Å². The first-order valence-corrected chi connectivity index (χ1v) is 6.38. The largest absolute Gasteiger partial charge is 0.469 e. The summed E-state index contributed by atoms with van der Waals surface area (Å²) in [4.78, 5) is 26.1. The standard InChI is InChI=1S/C13H21NO4/c1-13(2,3)18-12(16)10-9(11(15)17-4)8-5-6-14(10)7-8/h8-10H,5-7H2,1-4H3/t8-,9+,10?/m0/s1. The third-order valence-corrected chi connectivity index (χ3v) is 3.62. The summed E-state index contributed by atoms with van der Waals surface area (Å²) >= 11 is 0. The van der Waals surface area contributed by atoms with Crippen LogP contribution in [-0.4, -0.2) is 48.7 Å². The molecule has 0 N–H and O–H groups in total. The van der Waals surface area contributed by atoms with Gasteiger partial charge in [0.1, 0.15) is 11.6 Å². The van der Waals surface area contributed by atoms with Gasteiger partial charge in [0.15, 0.2) is 0 Å². The predicted octanol–water partition coefficient (Wildman–Crippen LogP) is 0.821. The minimum Gasteiger partial charge on any atom is -0.469 e. The molecular weight excluding hydrogens is 234 g/mol. The summed E-state index contributed by atoms with van der Waals surface area (Å²) in [5.41, 5.74) is -0.527. The highest BCUT2D eigenvalue weighted by atomic mass is 16.6. The maximum Gasteiger partial charge on any atom is 0.324 e. The molecular formula is C13H21NO4. The molecule has 0 saturated carbocycles. The molecule has 0 aromatic heterocycles. The topological polar surface area (TPSA) is 55.8 Å². The first-order valence-electron chi connectivity index (χ1n) is 6.38. The molecule has 2 saturated heterocycles. The number of carbonyl (C=O) groups is 2. The Labute approximate surface area is 107 Å². The number of ether oxygens (including phenoxy) is 2. The van der Waals surface area contributed by atoms with Crippen molar-refractivity contribution in [2.75, 3.05) is 20.2 Å². The zero-order valence-corrected chi connectivity index (χ0v) is 11.4. The highest BCUT2D eigenvalue weighted by Gasteiger charge is 2.54. The Morgan fingerprint density at radius 2 is 1.89 bits per heavy atom. The maximum absolute atomic E-state index is 12.2. The van der Waals surface area contributed by atoms with Gasteiger partial charge in [0.25, 0.3) is 0 Å². The van der Waals surface area contributed by atoms with E-state index in [2.05, 4.69) is 0 Å². The van der Waals surface area contributed by atoms with E-state index in [1.54, 1.807) is 0 Å². The van der Waals surface area contributed by atoms with Crippen LogP contribution in [0, 0.1) is 11.8 Å². The number of hydrogen-bond acceptors (Lipinski definition) is 5. The minimum absolute atomic E-state index is 0.231. The van der Waals surface area contributed by atoms with Gasteiger partial charge in [-0.05, 0) is 39.7 Å². The van der Waals surface area contributed by atoms with Crippen LogP contribution in [0.1, 0.15) is 27.2 Å². The van der Waals surface area contributed by atoms with Crippen LogP contribution in [0.3, 0.4) is 0 Å². The number of hydrogen-bond donors (Lipinski definition) is 0. The van der Waals surface area contributed by atoms with Gasteiger partial charge in [0.2, 0.25) is 0 Å². The summed E-state index contributed by atoms with van der Waals surface area (Å²) in [6.45, 7) is 7.16. The molecule has 18 heavy (non-hydrogen) atoms. The van der Waals surface area contributed by atoms with Gasteiger partial charge in [-0.2, -0.15) is 0 Å². The molecule has 0 amide bonds. The Morgan fingerprint density at radius 1 is 1.22 bits per heavy atom. The lowest BCUT2D eigenvalue weighted by molar-refractivity contribution is -0.167. The first-order chi connectivity index (χ1) is 8.33. The summed E-state index contributed by atoms with van der Waals surface area (Å²) in [5, 5.41) is 0. The van der Waals surface area contributed by atoms with Gasteiger partial charge in [-0.25, -0.2) is 0 Å². The lowest BCUT2D eigenvalue weighted by Gasteiger charge is -2.31. The van der Waals surface area contributed by atoms with E-state index in [9.17, 15) is 9.59 Å². The Kier molecular flexibility index (Phi) is 3.36. The van der Waals surface area contributed by atoms with E-state index in [1.807, 2.05) is 25.7 Å². The smallest absolute Gasteiger partial charge is 0.324 e. The van der Waals surface area contributed by atoms with Crippen molar-refractivity contribution >= 4 is 11.9 Å². The molecule has 2 bridgehead atoms. The SMILES string of the molecule is COC(=O)[C@H]1C(C(=O)OC(C)(C)C)N2CC[C@H]1C2. The monoisotopic (exact) mass is 255 g/mol. The van der Waals surface area contributed by atoms with Crippen LogP contribution in [0.15, 0.2) is 0 Å². The zero-order valence-electron chi connectivity index (χ0n) is 11.4. The molecule has 0 spiro atoms. The van der Waals surface area contributed by atoms with E-state index >= 15 is 0 Å². The molecule has 0 aromatic rings. The molecule has 2 heterocycles. The average molecular weight is 255 g/mol. The fourth-order valence-corrected chi connectivity index (χ4v) is 2.96. The number of piperidine rings is 1. The Balaban J connectivity index is 2.14. The number of esters is 2. The normalized spacial score (nSPS) is 34.4.